The number of amides is 2. The molecular weight excluding hydrogens is 280 g/mol. The highest BCUT2D eigenvalue weighted by Gasteiger charge is 2.24. The molecule has 6 heteroatoms. The summed E-state index contributed by atoms with van der Waals surface area (Å²) in [7, 11) is 0. The Morgan fingerprint density at radius 3 is 2.77 bits per heavy atom. The van der Waals surface area contributed by atoms with Crippen LogP contribution >= 0.6 is 0 Å². The molecule has 2 rings (SSSR count). The van der Waals surface area contributed by atoms with Gasteiger partial charge in [0, 0.05) is 44.6 Å². The molecule has 1 atom stereocenters. The van der Waals surface area contributed by atoms with Crippen molar-refractivity contribution >= 4 is 6.03 Å². The van der Waals surface area contributed by atoms with Crippen LogP contribution < -0.4 is 10.6 Å². The molecule has 0 aliphatic carbocycles. The average molecular weight is 306 g/mol. The summed E-state index contributed by atoms with van der Waals surface area (Å²) in [4.78, 5) is 18.4. The van der Waals surface area contributed by atoms with E-state index in [1.54, 1.807) is 12.4 Å². The highest BCUT2D eigenvalue weighted by Crippen LogP contribution is 2.12. The quantitative estimate of drug-likeness (QED) is 0.830. The van der Waals surface area contributed by atoms with Crippen LogP contribution in [0.1, 0.15) is 19.4 Å². The lowest BCUT2D eigenvalue weighted by atomic mass is 10.0. The van der Waals surface area contributed by atoms with Gasteiger partial charge in [-0.25, -0.2) is 4.79 Å². The van der Waals surface area contributed by atoms with Crippen molar-refractivity contribution < 1.29 is 9.53 Å². The molecule has 1 unspecified atom stereocenters. The first-order valence-corrected chi connectivity index (χ1v) is 7.89. The number of pyridine rings is 1. The summed E-state index contributed by atoms with van der Waals surface area (Å²) in [6.07, 6.45) is 3.48. The largest absolute Gasteiger partial charge is 0.379 e. The third-order valence-electron chi connectivity index (χ3n) is 3.93. The highest BCUT2D eigenvalue weighted by atomic mass is 16.5. The normalized spacial score (nSPS) is 17.2. The van der Waals surface area contributed by atoms with Crippen molar-refractivity contribution in [1.29, 1.82) is 0 Å². The molecule has 22 heavy (non-hydrogen) atoms. The Morgan fingerprint density at radius 2 is 2.14 bits per heavy atom. The van der Waals surface area contributed by atoms with Gasteiger partial charge in [-0.3, -0.25) is 9.88 Å². The number of aromatic nitrogens is 1. The minimum Gasteiger partial charge on any atom is -0.379 e. The van der Waals surface area contributed by atoms with Gasteiger partial charge in [0.05, 0.1) is 13.2 Å². The van der Waals surface area contributed by atoms with Crippen LogP contribution in [0.5, 0.6) is 0 Å². The number of carbonyl (C=O) groups is 1. The van der Waals surface area contributed by atoms with Gasteiger partial charge in [-0.1, -0.05) is 19.9 Å². The fraction of sp³-hybridized carbons (Fsp3) is 0.625. The van der Waals surface area contributed by atoms with E-state index in [-0.39, 0.29) is 6.03 Å². The second-order valence-corrected chi connectivity index (χ2v) is 5.88. The Kier molecular flexibility index (Phi) is 6.61. The molecule has 1 aliphatic rings. The van der Waals surface area contributed by atoms with Crippen LogP contribution in [0.3, 0.4) is 0 Å². The number of urea groups is 1. The van der Waals surface area contributed by atoms with Gasteiger partial charge in [0.25, 0.3) is 0 Å². The number of hydrogen-bond acceptors (Lipinski definition) is 4. The van der Waals surface area contributed by atoms with Crippen LogP contribution in [0.15, 0.2) is 24.5 Å². The van der Waals surface area contributed by atoms with Gasteiger partial charge in [-0.2, -0.15) is 0 Å². The standard InChI is InChI=1S/C16H26N4O2/c1-13(2)15(20-6-8-22-9-7-20)12-19-16(21)18-11-14-4-3-5-17-10-14/h3-5,10,13,15H,6-9,11-12H2,1-2H3,(H2,18,19,21). The van der Waals surface area contributed by atoms with Crippen molar-refractivity contribution in [3.63, 3.8) is 0 Å². The van der Waals surface area contributed by atoms with Crippen molar-refractivity contribution in [3.05, 3.63) is 30.1 Å². The SMILES string of the molecule is CC(C)C(CNC(=O)NCc1cccnc1)N1CCOCC1. The van der Waals surface area contributed by atoms with E-state index in [2.05, 4.69) is 34.4 Å². The molecule has 0 bridgehead atoms. The molecule has 6 nitrogen and oxygen atoms in total. The molecule has 1 aromatic rings. The molecular formula is C16H26N4O2. The molecule has 0 saturated carbocycles. The Hall–Kier alpha value is -1.66. The van der Waals surface area contributed by atoms with Crippen LogP contribution in [0.2, 0.25) is 0 Å². The topological polar surface area (TPSA) is 66.5 Å². The molecule has 2 N–H and O–H groups in total. The molecule has 0 spiro atoms. The molecule has 1 fully saturated rings. The van der Waals surface area contributed by atoms with Crippen molar-refractivity contribution in [2.45, 2.75) is 26.4 Å². The van der Waals surface area contributed by atoms with E-state index in [9.17, 15) is 4.79 Å². The molecule has 2 amide bonds. The Morgan fingerprint density at radius 1 is 1.36 bits per heavy atom. The summed E-state index contributed by atoms with van der Waals surface area (Å²) >= 11 is 0. The monoisotopic (exact) mass is 306 g/mol. The van der Waals surface area contributed by atoms with Gasteiger partial charge in [-0.15, -0.1) is 0 Å². The summed E-state index contributed by atoms with van der Waals surface area (Å²) in [5.74, 6) is 0.483. The number of carbonyl (C=O) groups excluding carboxylic acids is 1. The Bertz CT molecular complexity index is 447. The molecule has 122 valence electrons. The first-order chi connectivity index (χ1) is 10.7. The van der Waals surface area contributed by atoms with Gasteiger partial charge in [0.1, 0.15) is 0 Å². The zero-order chi connectivity index (χ0) is 15.8. The van der Waals surface area contributed by atoms with Gasteiger partial charge in [-0.05, 0) is 17.5 Å². The van der Waals surface area contributed by atoms with E-state index >= 15 is 0 Å². The fourth-order valence-corrected chi connectivity index (χ4v) is 2.64. The van der Waals surface area contributed by atoms with E-state index in [0.29, 0.717) is 25.0 Å². The molecule has 1 aliphatic heterocycles. The minimum atomic E-state index is -0.136. The number of rotatable bonds is 6. The van der Waals surface area contributed by atoms with E-state index in [1.807, 2.05) is 12.1 Å². The zero-order valence-electron chi connectivity index (χ0n) is 13.4. The number of morpholine rings is 1. The lowest BCUT2D eigenvalue weighted by molar-refractivity contribution is 0.00719. The van der Waals surface area contributed by atoms with E-state index < -0.39 is 0 Å². The van der Waals surface area contributed by atoms with Gasteiger partial charge >= 0.3 is 6.03 Å². The van der Waals surface area contributed by atoms with Crippen molar-refractivity contribution in [1.82, 2.24) is 20.5 Å². The van der Waals surface area contributed by atoms with Gasteiger partial charge in [0.15, 0.2) is 0 Å². The highest BCUT2D eigenvalue weighted by molar-refractivity contribution is 5.73. The summed E-state index contributed by atoms with van der Waals surface area (Å²) in [6, 6.07) is 4.01. The lowest BCUT2D eigenvalue weighted by Crippen LogP contribution is -2.52. The smallest absolute Gasteiger partial charge is 0.315 e. The number of nitrogens with zero attached hydrogens (tertiary/aromatic N) is 2. The fourth-order valence-electron chi connectivity index (χ4n) is 2.64. The predicted molar refractivity (Wildman–Crippen MR) is 85.5 cm³/mol. The van der Waals surface area contributed by atoms with Gasteiger partial charge in [0.2, 0.25) is 0 Å². The molecule has 1 saturated heterocycles. The second-order valence-electron chi connectivity index (χ2n) is 5.88. The average Bonchev–Trinajstić information content (AvgIpc) is 2.55. The number of ether oxygens (including phenoxy) is 1. The predicted octanol–water partition coefficient (Wildman–Crippen LogP) is 1.24. The first-order valence-electron chi connectivity index (χ1n) is 7.89. The maximum atomic E-state index is 11.9. The molecule has 2 heterocycles. The van der Waals surface area contributed by atoms with Crippen molar-refractivity contribution in [3.8, 4) is 0 Å². The molecule has 1 aromatic heterocycles. The number of hydrogen-bond donors (Lipinski definition) is 2. The van der Waals surface area contributed by atoms with Gasteiger partial charge < -0.3 is 15.4 Å². The van der Waals surface area contributed by atoms with Crippen LogP contribution in [0.4, 0.5) is 4.79 Å². The van der Waals surface area contributed by atoms with E-state index in [0.717, 1.165) is 31.9 Å². The van der Waals surface area contributed by atoms with E-state index in [4.69, 9.17) is 4.74 Å². The van der Waals surface area contributed by atoms with E-state index in [1.165, 1.54) is 0 Å². The van der Waals surface area contributed by atoms with Crippen LogP contribution in [0.25, 0.3) is 0 Å². The van der Waals surface area contributed by atoms with Crippen molar-refractivity contribution in [2.24, 2.45) is 5.92 Å². The summed E-state index contributed by atoms with van der Waals surface area (Å²) in [5.41, 5.74) is 0.992. The van der Waals surface area contributed by atoms with Crippen molar-refractivity contribution in [2.75, 3.05) is 32.8 Å². The van der Waals surface area contributed by atoms with Crippen LogP contribution in [-0.4, -0.2) is 54.8 Å². The maximum absolute atomic E-state index is 11.9. The van der Waals surface area contributed by atoms with Crippen LogP contribution in [-0.2, 0) is 11.3 Å². The maximum Gasteiger partial charge on any atom is 0.315 e. The lowest BCUT2D eigenvalue weighted by Gasteiger charge is -2.36. The van der Waals surface area contributed by atoms with Crippen LogP contribution in [0, 0.1) is 5.92 Å². The zero-order valence-corrected chi connectivity index (χ0v) is 13.4. The number of nitrogens with one attached hydrogen (secondary N) is 2. The minimum absolute atomic E-state index is 0.136. The second kappa shape index (κ2) is 8.70. The molecule has 0 aromatic carbocycles. The first kappa shape index (κ1) is 16.7. The summed E-state index contributed by atoms with van der Waals surface area (Å²) in [6.45, 7) is 8.93. The summed E-state index contributed by atoms with van der Waals surface area (Å²) < 4.78 is 5.40. The molecule has 0 radical (unpaired) electrons. The Labute approximate surface area is 132 Å². The Balaban J connectivity index is 1.75. The third-order valence-corrected chi connectivity index (χ3v) is 3.93. The summed E-state index contributed by atoms with van der Waals surface area (Å²) in [5, 5.41) is 5.84. The third kappa shape index (κ3) is 5.27.